The van der Waals surface area contributed by atoms with Crippen molar-refractivity contribution in [1.82, 2.24) is 26.2 Å². The fourth-order valence-corrected chi connectivity index (χ4v) is 8.82. The number of nitrogens with zero attached hydrogens (tertiary/aromatic N) is 1. The SMILES string of the molecule is C=CCNC(=O)C(=O)C(CCCC)NC(=O)C1CC(C(C)C)CN1C(=O)C(NC(=O)NC1(C2OCCS2(=O)=O)CCCCC1)C(C)(C)C. The van der Waals surface area contributed by atoms with Crippen molar-refractivity contribution in [2.75, 3.05) is 25.4 Å². The Bertz CT molecular complexity index is 1300. The predicted molar refractivity (Wildman–Crippen MR) is 182 cm³/mol. The number of ether oxygens (including phenoxy) is 1. The number of carbonyl (C=O) groups is 5. The third kappa shape index (κ3) is 9.58. The van der Waals surface area contributed by atoms with Crippen molar-refractivity contribution in [2.24, 2.45) is 17.3 Å². The number of nitrogens with one attached hydrogen (secondary N) is 4. The monoisotopic (exact) mass is 695 g/mol. The first-order valence-electron chi connectivity index (χ1n) is 17.4. The highest BCUT2D eigenvalue weighted by Gasteiger charge is 2.52. The molecule has 3 fully saturated rings. The number of amides is 5. The molecule has 13 nitrogen and oxygen atoms in total. The largest absolute Gasteiger partial charge is 0.359 e. The van der Waals surface area contributed by atoms with E-state index in [9.17, 15) is 32.4 Å². The first-order valence-corrected chi connectivity index (χ1v) is 19.1. The summed E-state index contributed by atoms with van der Waals surface area (Å²) in [5.74, 6) is -2.54. The average Bonchev–Trinajstić information content (AvgIpc) is 3.63. The molecule has 5 atom stereocenters. The zero-order chi connectivity index (χ0) is 35.9. The number of likely N-dealkylation sites (tertiary alicyclic amines) is 1. The Balaban J connectivity index is 1.85. The van der Waals surface area contributed by atoms with Crippen LogP contribution in [-0.4, -0.2) is 97.4 Å². The third-order valence-electron chi connectivity index (χ3n) is 9.88. The van der Waals surface area contributed by atoms with E-state index in [1.165, 1.54) is 11.0 Å². The minimum atomic E-state index is -3.58. The third-order valence-corrected chi connectivity index (χ3v) is 11.9. The van der Waals surface area contributed by atoms with Gasteiger partial charge in [0, 0.05) is 13.1 Å². The molecule has 4 N–H and O–H groups in total. The summed E-state index contributed by atoms with van der Waals surface area (Å²) in [4.78, 5) is 69.0. The van der Waals surface area contributed by atoms with Gasteiger partial charge in [-0.1, -0.05) is 79.7 Å². The lowest BCUT2D eigenvalue weighted by Crippen LogP contribution is -2.65. The highest BCUT2D eigenvalue weighted by molar-refractivity contribution is 7.92. The molecule has 0 spiro atoms. The standard InChI is InChI=1S/C34H57N5O8S/c1-8-10-14-24(26(40)29(42)35-17-9-2)36-28(41)25-20-23(22(3)4)21-39(25)30(43)27(33(5,6)7)37-32(44)38-34(15-12-11-13-16-34)31-47-18-19-48(31,45)46/h9,22-25,27,31H,2,8,10-21H2,1,3-7H3,(H,35,42)(H,36,41)(H2,37,38,44). The predicted octanol–water partition coefficient (Wildman–Crippen LogP) is 2.59. The van der Waals surface area contributed by atoms with E-state index in [1.54, 1.807) is 0 Å². The molecule has 5 unspecified atom stereocenters. The Morgan fingerprint density at radius 2 is 1.73 bits per heavy atom. The first kappa shape index (κ1) is 39.4. The molecule has 2 aliphatic heterocycles. The summed E-state index contributed by atoms with van der Waals surface area (Å²) in [7, 11) is -3.58. The van der Waals surface area contributed by atoms with Gasteiger partial charge in [0.15, 0.2) is 15.3 Å². The number of hydrogen-bond acceptors (Lipinski definition) is 8. The number of hydrogen-bond donors (Lipinski definition) is 4. The second-order valence-electron chi connectivity index (χ2n) is 15.0. The van der Waals surface area contributed by atoms with Crippen molar-refractivity contribution in [3.8, 4) is 0 Å². The van der Waals surface area contributed by atoms with Crippen molar-refractivity contribution >= 4 is 39.4 Å². The van der Waals surface area contributed by atoms with Gasteiger partial charge in [0.25, 0.3) is 5.91 Å². The van der Waals surface area contributed by atoms with Crippen LogP contribution in [-0.2, 0) is 33.8 Å². The number of unbranched alkanes of at least 4 members (excludes halogenated alkanes) is 1. The van der Waals surface area contributed by atoms with E-state index in [-0.39, 0.29) is 43.7 Å². The van der Waals surface area contributed by atoms with Gasteiger partial charge in [0.1, 0.15) is 12.1 Å². The van der Waals surface area contributed by atoms with Crippen molar-refractivity contribution in [1.29, 1.82) is 0 Å². The summed E-state index contributed by atoms with van der Waals surface area (Å²) in [5, 5.41) is 11.0. The molecule has 1 saturated carbocycles. The Kier molecular flexibility index (Phi) is 13.6. The molecule has 2 saturated heterocycles. The molecule has 14 heteroatoms. The topological polar surface area (TPSA) is 180 Å². The Morgan fingerprint density at radius 1 is 1.06 bits per heavy atom. The highest BCUT2D eigenvalue weighted by atomic mass is 32.2. The Labute approximate surface area is 286 Å². The van der Waals surface area contributed by atoms with E-state index in [0.29, 0.717) is 25.7 Å². The minimum absolute atomic E-state index is 0.0185. The summed E-state index contributed by atoms with van der Waals surface area (Å²) in [5.41, 5.74) is -3.05. The van der Waals surface area contributed by atoms with Gasteiger partial charge in [-0.05, 0) is 42.9 Å². The van der Waals surface area contributed by atoms with Crippen LogP contribution in [0.5, 0.6) is 0 Å². The van der Waals surface area contributed by atoms with E-state index in [4.69, 9.17) is 4.74 Å². The molecule has 272 valence electrons. The van der Waals surface area contributed by atoms with Crippen LogP contribution in [0.4, 0.5) is 4.79 Å². The average molecular weight is 696 g/mol. The van der Waals surface area contributed by atoms with Crippen molar-refractivity contribution in [3.05, 3.63) is 12.7 Å². The molecule has 48 heavy (non-hydrogen) atoms. The maximum Gasteiger partial charge on any atom is 0.316 e. The molecule has 0 aromatic rings. The van der Waals surface area contributed by atoms with Crippen molar-refractivity contribution < 1.29 is 37.1 Å². The quantitative estimate of drug-likeness (QED) is 0.158. The molecule has 2 heterocycles. The van der Waals surface area contributed by atoms with Gasteiger partial charge in [-0.3, -0.25) is 19.2 Å². The number of rotatable bonds is 14. The van der Waals surface area contributed by atoms with Crippen LogP contribution in [0.2, 0.25) is 0 Å². The number of carbonyl (C=O) groups excluding carboxylic acids is 5. The molecular formula is C34H57N5O8S. The maximum atomic E-state index is 14.4. The molecule has 3 aliphatic rings. The van der Waals surface area contributed by atoms with Crippen LogP contribution in [0.1, 0.15) is 99.3 Å². The van der Waals surface area contributed by atoms with Crippen LogP contribution in [0, 0.1) is 17.3 Å². The Morgan fingerprint density at radius 3 is 2.27 bits per heavy atom. The summed E-state index contributed by atoms with van der Waals surface area (Å²) < 4.78 is 31.5. The fraction of sp³-hybridized carbons (Fsp3) is 0.794. The lowest BCUT2D eigenvalue weighted by Gasteiger charge is -2.42. The number of ketones is 1. The lowest BCUT2D eigenvalue weighted by atomic mass is 9.82. The summed E-state index contributed by atoms with van der Waals surface area (Å²) in [6.07, 6.45) is 6.69. The normalized spacial score (nSPS) is 24.7. The summed E-state index contributed by atoms with van der Waals surface area (Å²) in [6, 6.07) is -3.72. The minimum Gasteiger partial charge on any atom is -0.359 e. The summed E-state index contributed by atoms with van der Waals surface area (Å²) in [6.45, 7) is 15.4. The maximum absolute atomic E-state index is 14.4. The molecule has 0 radical (unpaired) electrons. The number of sulfone groups is 1. The molecule has 5 amide bonds. The zero-order valence-electron chi connectivity index (χ0n) is 29.6. The molecule has 0 aromatic carbocycles. The van der Waals surface area contributed by atoms with E-state index in [0.717, 1.165) is 25.7 Å². The van der Waals surface area contributed by atoms with Crippen LogP contribution in [0.3, 0.4) is 0 Å². The van der Waals surface area contributed by atoms with E-state index < -0.39 is 73.9 Å². The lowest BCUT2D eigenvalue weighted by molar-refractivity contribution is -0.143. The van der Waals surface area contributed by atoms with Gasteiger partial charge in [0.2, 0.25) is 17.6 Å². The van der Waals surface area contributed by atoms with Crippen LogP contribution in [0.15, 0.2) is 12.7 Å². The second-order valence-corrected chi connectivity index (χ2v) is 17.2. The molecule has 0 aromatic heterocycles. The fourth-order valence-electron chi connectivity index (χ4n) is 6.99. The number of urea groups is 1. The molecule has 1 aliphatic carbocycles. The van der Waals surface area contributed by atoms with E-state index in [1.807, 2.05) is 41.5 Å². The van der Waals surface area contributed by atoms with Crippen LogP contribution in [0.25, 0.3) is 0 Å². The molecule has 0 bridgehead atoms. The molecular weight excluding hydrogens is 638 g/mol. The van der Waals surface area contributed by atoms with Crippen molar-refractivity contribution in [2.45, 2.75) is 128 Å². The van der Waals surface area contributed by atoms with Crippen molar-refractivity contribution in [3.63, 3.8) is 0 Å². The molecule has 3 rings (SSSR count). The van der Waals surface area contributed by atoms with Gasteiger partial charge in [-0.25, -0.2) is 13.2 Å². The van der Waals surface area contributed by atoms with Gasteiger partial charge < -0.3 is 30.9 Å². The zero-order valence-corrected chi connectivity index (χ0v) is 30.4. The summed E-state index contributed by atoms with van der Waals surface area (Å²) >= 11 is 0. The highest BCUT2D eigenvalue weighted by Crippen LogP contribution is 2.38. The first-order chi connectivity index (χ1) is 22.5. The number of Topliss-reactive ketones (excluding diaryl/α,β-unsaturated/α-hetero) is 1. The van der Waals surface area contributed by atoms with Gasteiger partial charge >= 0.3 is 6.03 Å². The van der Waals surface area contributed by atoms with Gasteiger partial charge in [-0.2, -0.15) is 0 Å². The smallest absolute Gasteiger partial charge is 0.316 e. The van der Waals surface area contributed by atoms with E-state index >= 15 is 0 Å². The van der Waals surface area contributed by atoms with E-state index in [2.05, 4.69) is 27.8 Å². The van der Waals surface area contributed by atoms with Crippen LogP contribution >= 0.6 is 0 Å². The van der Waals surface area contributed by atoms with Crippen LogP contribution < -0.4 is 21.3 Å². The second kappa shape index (κ2) is 16.6. The Hall–Kier alpha value is -3.00. The van der Waals surface area contributed by atoms with Gasteiger partial charge in [-0.15, -0.1) is 6.58 Å². The van der Waals surface area contributed by atoms with Gasteiger partial charge in [0.05, 0.1) is 23.9 Å².